The number of rotatable bonds is 3. The van der Waals surface area contributed by atoms with Crippen LogP contribution in [0.3, 0.4) is 0 Å². The monoisotopic (exact) mass is 501 g/mol. The number of para-hydroxylation sites is 1. The molecule has 0 fully saturated rings. The summed E-state index contributed by atoms with van der Waals surface area (Å²) in [6.07, 6.45) is 0. The van der Waals surface area contributed by atoms with Gasteiger partial charge in [-0.15, -0.1) is 0 Å². The number of fused-ring (bicyclic) bond motifs is 5. The second-order valence-corrected chi connectivity index (χ2v) is 9.73. The van der Waals surface area contributed by atoms with Gasteiger partial charge in [-0.1, -0.05) is 121 Å². The average Bonchev–Trinajstić information content (AvgIpc) is 3.43. The Hall–Kier alpha value is -5.14. The van der Waals surface area contributed by atoms with Gasteiger partial charge in [0.25, 0.3) is 0 Å². The van der Waals surface area contributed by atoms with Crippen LogP contribution in [0.5, 0.6) is 0 Å². The molecule has 0 amide bonds. The normalized spacial score (nSPS) is 13.4. The summed E-state index contributed by atoms with van der Waals surface area (Å²) in [7, 11) is 0. The van der Waals surface area contributed by atoms with Crippen molar-refractivity contribution >= 4 is 43.5 Å². The first-order valence-electron chi connectivity index (χ1n) is 15.4. The van der Waals surface area contributed by atoms with Crippen LogP contribution in [0, 0.1) is 0 Å². The van der Waals surface area contributed by atoms with Gasteiger partial charge in [0, 0.05) is 10.8 Å². The van der Waals surface area contributed by atoms with Gasteiger partial charge in [-0.05, 0) is 79.2 Å². The third kappa shape index (κ3) is 3.48. The maximum absolute atomic E-state index is 8.55. The van der Waals surface area contributed by atoms with Crippen LogP contribution >= 0.6 is 0 Å². The smallest absolute Gasteiger partial charge is 0.136 e. The molecule has 8 rings (SSSR count). The van der Waals surface area contributed by atoms with Crippen LogP contribution in [-0.4, -0.2) is 0 Å². The standard InChI is InChI=1S/C38H24O/c1-2-11-25(12-3-1)26-13-10-14-27(23-26)37-31-16-4-6-18-33(31)38(34-19-7-5-17-32(34)37)28-21-22-30-29-15-8-9-20-35(29)39-36(30)24-28/h1-24H/i1D,2D,3D,11D,12D. The first kappa shape index (κ1) is 17.4. The summed E-state index contributed by atoms with van der Waals surface area (Å²) in [6.45, 7) is 0. The van der Waals surface area contributed by atoms with E-state index in [1.807, 2.05) is 60.7 Å². The van der Waals surface area contributed by atoms with E-state index in [1.54, 1.807) is 6.07 Å². The number of hydrogen-bond donors (Lipinski definition) is 0. The van der Waals surface area contributed by atoms with Gasteiger partial charge in [-0.25, -0.2) is 0 Å². The lowest BCUT2D eigenvalue weighted by Gasteiger charge is -2.18. The zero-order chi connectivity index (χ0) is 30.1. The minimum Gasteiger partial charge on any atom is -0.456 e. The minimum absolute atomic E-state index is 0.196. The molecule has 39 heavy (non-hydrogen) atoms. The van der Waals surface area contributed by atoms with E-state index in [1.165, 1.54) is 0 Å². The van der Waals surface area contributed by atoms with E-state index in [0.29, 0.717) is 5.56 Å². The van der Waals surface area contributed by atoms with E-state index in [0.717, 1.165) is 65.7 Å². The summed E-state index contributed by atoms with van der Waals surface area (Å²) in [4.78, 5) is 0. The first-order valence-corrected chi connectivity index (χ1v) is 12.9. The van der Waals surface area contributed by atoms with E-state index >= 15 is 0 Å². The number of hydrogen-bond acceptors (Lipinski definition) is 1. The minimum atomic E-state index is -0.395. The third-order valence-corrected chi connectivity index (χ3v) is 7.54. The van der Waals surface area contributed by atoms with Crippen LogP contribution < -0.4 is 0 Å². The van der Waals surface area contributed by atoms with Crippen molar-refractivity contribution in [2.24, 2.45) is 0 Å². The highest BCUT2D eigenvalue weighted by atomic mass is 16.3. The Labute approximate surface area is 233 Å². The van der Waals surface area contributed by atoms with Gasteiger partial charge in [0.1, 0.15) is 11.2 Å². The zero-order valence-corrected chi connectivity index (χ0v) is 20.9. The van der Waals surface area contributed by atoms with Gasteiger partial charge in [-0.3, -0.25) is 0 Å². The van der Waals surface area contributed by atoms with Crippen molar-refractivity contribution in [1.29, 1.82) is 0 Å². The lowest BCUT2D eigenvalue weighted by atomic mass is 9.85. The second-order valence-electron chi connectivity index (χ2n) is 9.73. The van der Waals surface area contributed by atoms with Crippen molar-refractivity contribution in [2.75, 3.05) is 0 Å². The molecule has 8 aromatic rings. The van der Waals surface area contributed by atoms with Crippen molar-refractivity contribution in [3.05, 3.63) is 145 Å². The molecule has 0 aliphatic rings. The fourth-order valence-corrected chi connectivity index (χ4v) is 5.86. The molecule has 0 unspecified atom stereocenters. The molecule has 0 aliphatic carbocycles. The molecule has 0 atom stereocenters. The van der Waals surface area contributed by atoms with Gasteiger partial charge < -0.3 is 4.42 Å². The Bertz CT molecular complexity index is 2370. The van der Waals surface area contributed by atoms with E-state index < -0.39 is 6.04 Å². The molecule has 0 spiro atoms. The van der Waals surface area contributed by atoms with E-state index in [-0.39, 0.29) is 29.7 Å². The molecule has 0 bridgehead atoms. The molecule has 182 valence electrons. The Morgan fingerprint density at radius 2 is 0.923 bits per heavy atom. The molecule has 0 aliphatic heterocycles. The molecular formula is C38H24O. The fraction of sp³-hybridized carbons (Fsp3) is 0. The summed E-state index contributed by atoms with van der Waals surface area (Å²) in [6, 6.07) is 37.4. The van der Waals surface area contributed by atoms with Crippen molar-refractivity contribution in [3.8, 4) is 33.4 Å². The number of furan rings is 1. The highest BCUT2D eigenvalue weighted by Gasteiger charge is 2.18. The van der Waals surface area contributed by atoms with Crippen LogP contribution in [0.15, 0.2) is 150 Å². The van der Waals surface area contributed by atoms with Gasteiger partial charge >= 0.3 is 0 Å². The van der Waals surface area contributed by atoms with Gasteiger partial charge in [0.05, 0.1) is 6.85 Å². The molecule has 0 radical (unpaired) electrons. The molecule has 0 saturated heterocycles. The van der Waals surface area contributed by atoms with Gasteiger partial charge in [0.2, 0.25) is 0 Å². The number of benzene rings is 7. The van der Waals surface area contributed by atoms with Crippen LogP contribution in [0.4, 0.5) is 0 Å². The summed E-state index contributed by atoms with van der Waals surface area (Å²) in [5, 5.41) is 6.47. The molecular weight excluding hydrogens is 472 g/mol. The molecule has 1 heterocycles. The Morgan fingerprint density at radius 3 is 1.59 bits per heavy atom. The van der Waals surface area contributed by atoms with Crippen LogP contribution in [0.1, 0.15) is 6.85 Å². The Morgan fingerprint density at radius 1 is 0.385 bits per heavy atom. The average molecular weight is 502 g/mol. The highest BCUT2D eigenvalue weighted by molar-refractivity contribution is 6.22. The molecule has 1 nitrogen and oxygen atoms in total. The third-order valence-electron chi connectivity index (χ3n) is 7.54. The quantitative estimate of drug-likeness (QED) is 0.219. The lowest BCUT2D eigenvalue weighted by molar-refractivity contribution is 0.669. The van der Waals surface area contributed by atoms with Crippen molar-refractivity contribution in [3.63, 3.8) is 0 Å². The fourth-order valence-electron chi connectivity index (χ4n) is 5.86. The summed E-state index contributed by atoms with van der Waals surface area (Å²) < 4.78 is 47.8. The molecule has 1 aromatic heterocycles. The summed E-state index contributed by atoms with van der Waals surface area (Å²) >= 11 is 0. The maximum atomic E-state index is 8.55. The topological polar surface area (TPSA) is 13.1 Å². The van der Waals surface area contributed by atoms with Gasteiger partial charge in [0.15, 0.2) is 0 Å². The van der Waals surface area contributed by atoms with Crippen LogP contribution in [0.25, 0.3) is 76.9 Å². The molecule has 0 N–H and O–H groups in total. The Kier molecular flexibility index (Phi) is 3.89. The van der Waals surface area contributed by atoms with E-state index in [4.69, 9.17) is 11.3 Å². The van der Waals surface area contributed by atoms with Crippen LogP contribution in [0.2, 0.25) is 0 Å². The SMILES string of the molecule is [2H]c1c([2H])c([2H])c(-c2cccc(-c3c4ccccc4c(-c4ccc5c(c4)oc4ccccc45)c4ccccc34)c2)c([2H])c1[2H]. The summed E-state index contributed by atoms with van der Waals surface area (Å²) in [5.41, 5.74) is 6.58. The van der Waals surface area contributed by atoms with E-state index in [9.17, 15) is 0 Å². The van der Waals surface area contributed by atoms with Crippen molar-refractivity contribution in [2.45, 2.75) is 0 Å². The van der Waals surface area contributed by atoms with E-state index in [2.05, 4.69) is 48.5 Å². The highest BCUT2D eigenvalue weighted by Crippen LogP contribution is 2.45. The predicted molar refractivity (Wildman–Crippen MR) is 165 cm³/mol. The predicted octanol–water partition coefficient (Wildman–Crippen LogP) is 10.9. The van der Waals surface area contributed by atoms with Crippen molar-refractivity contribution in [1.82, 2.24) is 0 Å². The largest absolute Gasteiger partial charge is 0.456 e. The zero-order valence-electron chi connectivity index (χ0n) is 25.9. The lowest BCUT2D eigenvalue weighted by Crippen LogP contribution is -1.91. The van der Waals surface area contributed by atoms with Gasteiger partial charge in [-0.2, -0.15) is 0 Å². The first-order chi connectivity index (χ1) is 21.4. The van der Waals surface area contributed by atoms with Crippen molar-refractivity contribution < 1.29 is 11.3 Å². The van der Waals surface area contributed by atoms with Crippen LogP contribution in [-0.2, 0) is 0 Å². The maximum Gasteiger partial charge on any atom is 0.136 e. The molecule has 0 saturated carbocycles. The second kappa shape index (κ2) is 8.72. The molecule has 1 heteroatoms. The molecule has 7 aromatic carbocycles. The Balaban J connectivity index is 1.41. The summed E-state index contributed by atoms with van der Waals surface area (Å²) in [5.74, 6) is 0.